The second kappa shape index (κ2) is 6.88. The van der Waals surface area contributed by atoms with Crippen LogP contribution < -0.4 is 0 Å². The highest BCUT2D eigenvalue weighted by Crippen LogP contribution is 2.33. The largest absolute Gasteiger partial charge is 0.447 e. The summed E-state index contributed by atoms with van der Waals surface area (Å²) in [6, 6.07) is 19.5. The molecule has 0 radical (unpaired) electrons. The van der Waals surface area contributed by atoms with Crippen LogP contribution in [0.15, 0.2) is 66.9 Å². The summed E-state index contributed by atoms with van der Waals surface area (Å²) in [6.45, 7) is 1.70. The molecule has 3 heterocycles. The number of carbonyl (C=O) groups is 2. The Labute approximate surface area is 168 Å². The number of aromatic nitrogens is 1. The molecule has 3 aromatic rings. The summed E-state index contributed by atoms with van der Waals surface area (Å²) in [5.74, 6) is -0.0324. The first-order chi connectivity index (χ1) is 14.2. The summed E-state index contributed by atoms with van der Waals surface area (Å²) in [4.78, 5) is 33.8. The number of amides is 2. The number of hydrogen-bond donors (Lipinski definition) is 0. The van der Waals surface area contributed by atoms with Gasteiger partial charge in [-0.25, -0.2) is 4.79 Å². The standard InChI is InChI=1S/C23H21N3O3/c27-21(19-10-11-24-20-9-5-4-8-18(19)20)25-12-13-26-22(28)29-16-23(26,15-25)14-17-6-2-1-3-7-17/h1-11H,12-16H2. The molecule has 0 saturated carbocycles. The molecule has 2 aliphatic rings. The summed E-state index contributed by atoms with van der Waals surface area (Å²) in [7, 11) is 0. The zero-order valence-electron chi connectivity index (χ0n) is 16.0. The van der Waals surface area contributed by atoms with Gasteiger partial charge in [-0.1, -0.05) is 48.5 Å². The molecule has 2 fully saturated rings. The SMILES string of the molecule is O=C(c1ccnc2ccccc12)N1CCN2C(=O)OCC2(Cc2ccccc2)C1. The number of piperazine rings is 1. The quantitative estimate of drug-likeness (QED) is 0.693. The van der Waals surface area contributed by atoms with Crippen molar-refractivity contribution >= 4 is 22.9 Å². The molecule has 2 saturated heterocycles. The van der Waals surface area contributed by atoms with Gasteiger partial charge in [0.15, 0.2) is 0 Å². The fourth-order valence-corrected chi connectivity index (χ4v) is 4.46. The lowest BCUT2D eigenvalue weighted by Gasteiger charge is -2.44. The van der Waals surface area contributed by atoms with Gasteiger partial charge in [0, 0.05) is 37.6 Å². The minimum absolute atomic E-state index is 0.0324. The lowest BCUT2D eigenvalue weighted by molar-refractivity contribution is 0.0377. The molecule has 0 bridgehead atoms. The smallest absolute Gasteiger partial charge is 0.410 e. The van der Waals surface area contributed by atoms with Crippen molar-refractivity contribution in [3.8, 4) is 0 Å². The van der Waals surface area contributed by atoms with E-state index in [9.17, 15) is 9.59 Å². The van der Waals surface area contributed by atoms with Crippen molar-refractivity contribution in [1.82, 2.24) is 14.8 Å². The van der Waals surface area contributed by atoms with Gasteiger partial charge in [-0.15, -0.1) is 0 Å². The van der Waals surface area contributed by atoms with Gasteiger partial charge >= 0.3 is 6.09 Å². The van der Waals surface area contributed by atoms with E-state index in [-0.39, 0.29) is 12.0 Å². The average molecular weight is 387 g/mol. The predicted octanol–water partition coefficient (Wildman–Crippen LogP) is 3.12. The molecule has 2 aliphatic heterocycles. The molecule has 0 aliphatic carbocycles. The second-order valence-electron chi connectivity index (χ2n) is 7.70. The maximum atomic E-state index is 13.4. The van der Waals surface area contributed by atoms with Gasteiger partial charge in [0.2, 0.25) is 0 Å². The maximum Gasteiger partial charge on any atom is 0.410 e. The van der Waals surface area contributed by atoms with Crippen LogP contribution in [0.3, 0.4) is 0 Å². The van der Waals surface area contributed by atoms with Gasteiger partial charge < -0.3 is 9.64 Å². The van der Waals surface area contributed by atoms with E-state index < -0.39 is 5.54 Å². The number of rotatable bonds is 3. The monoisotopic (exact) mass is 387 g/mol. The number of cyclic esters (lactones) is 1. The fraction of sp³-hybridized carbons (Fsp3) is 0.261. The van der Waals surface area contributed by atoms with Crippen LogP contribution in [0.25, 0.3) is 10.9 Å². The molecule has 6 heteroatoms. The van der Waals surface area contributed by atoms with E-state index in [4.69, 9.17) is 4.74 Å². The van der Waals surface area contributed by atoms with Gasteiger partial charge in [-0.2, -0.15) is 0 Å². The lowest BCUT2D eigenvalue weighted by atomic mass is 9.88. The summed E-state index contributed by atoms with van der Waals surface area (Å²) in [5, 5.41) is 0.846. The first kappa shape index (κ1) is 17.7. The molecule has 1 unspecified atom stereocenters. The number of hydrogen-bond acceptors (Lipinski definition) is 4. The van der Waals surface area contributed by atoms with Crippen molar-refractivity contribution in [3.05, 3.63) is 78.0 Å². The summed E-state index contributed by atoms with van der Waals surface area (Å²) < 4.78 is 5.42. The van der Waals surface area contributed by atoms with Gasteiger partial charge in [-0.3, -0.25) is 14.7 Å². The highest BCUT2D eigenvalue weighted by atomic mass is 16.6. The summed E-state index contributed by atoms with van der Waals surface area (Å²) >= 11 is 0. The van der Waals surface area contributed by atoms with E-state index in [1.54, 1.807) is 17.2 Å². The molecule has 2 aromatic carbocycles. The molecule has 6 nitrogen and oxygen atoms in total. The highest BCUT2D eigenvalue weighted by Gasteiger charge is 2.51. The predicted molar refractivity (Wildman–Crippen MR) is 109 cm³/mol. The van der Waals surface area contributed by atoms with Crippen LogP contribution >= 0.6 is 0 Å². The van der Waals surface area contributed by atoms with Crippen molar-refractivity contribution in [3.63, 3.8) is 0 Å². The number of fused-ring (bicyclic) bond motifs is 2. The molecule has 1 aromatic heterocycles. The molecule has 1 atom stereocenters. The molecule has 5 rings (SSSR count). The number of pyridine rings is 1. The van der Waals surface area contributed by atoms with Gasteiger partial charge in [-0.05, 0) is 17.7 Å². The molecule has 2 amide bonds. The van der Waals surface area contributed by atoms with Gasteiger partial charge in [0.1, 0.15) is 12.1 Å². The second-order valence-corrected chi connectivity index (χ2v) is 7.70. The third-order valence-electron chi connectivity index (χ3n) is 5.88. The van der Waals surface area contributed by atoms with E-state index in [0.29, 0.717) is 38.2 Å². The summed E-state index contributed by atoms with van der Waals surface area (Å²) in [5.41, 5.74) is 2.04. The minimum atomic E-state index is -0.533. The average Bonchev–Trinajstić information content (AvgIpc) is 3.09. The molecular formula is C23H21N3O3. The van der Waals surface area contributed by atoms with Crippen LogP contribution in [-0.2, 0) is 11.2 Å². The highest BCUT2D eigenvalue weighted by molar-refractivity contribution is 6.06. The van der Waals surface area contributed by atoms with E-state index in [0.717, 1.165) is 16.5 Å². The Morgan fingerprint density at radius 2 is 1.83 bits per heavy atom. The Balaban J connectivity index is 1.47. The van der Waals surface area contributed by atoms with Crippen LogP contribution in [-0.4, -0.2) is 58.6 Å². The normalized spacial score (nSPS) is 21.2. The number of para-hydroxylation sites is 1. The van der Waals surface area contributed by atoms with Crippen LogP contribution in [0, 0.1) is 0 Å². The van der Waals surface area contributed by atoms with Crippen LogP contribution in [0.4, 0.5) is 4.79 Å². The van der Waals surface area contributed by atoms with Crippen molar-refractivity contribution in [2.75, 3.05) is 26.2 Å². The first-order valence-electron chi connectivity index (χ1n) is 9.78. The van der Waals surface area contributed by atoms with Crippen LogP contribution in [0.5, 0.6) is 0 Å². The Bertz CT molecular complexity index is 1080. The maximum absolute atomic E-state index is 13.4. The molecular weight excluding hydrogens is 366 g/mol. The Kier molecular flexibility index (Phi) is 4.19. The number of benzene rings is 2. The van der Waals surface area contributed by atoms with Crippen LogP contribution in [0.2, 0.25) is 0 Å². The minimum Gasteiger partial charge on any atom is -0.447 e. The van der Waals surface area contributed by atoms with Crippen molar-refractivity contribution in [2.45, 2.75) is 12.0 Å². The van der Waals surface area contributed by atoms with E-state index in [1.165, 1.54) is 0 Å². The number of nitrogens with zero attached hydrogens (tertiary/aromatic N) is 3. The zero-order valence-corrected chi connectivity index (χ0v) is 16.0. The number of carbonyl (C=O) groups excluding carboxylic acids is 2. The van der Waals surface area contributed by atoms with E-state index in [2.05, 4.69) is 4.98 Å². The molecule has 146 valence electrons. The summed E-state index contributed by atoms with van der Waals surface area (Å²) in [6.07, 6.45) is 2.04. The van der Waals surface area contributed by atoms with Gasteiger partial charge in [0.05, 0.1) is 11.1 Å². The Morgan fingerprint density at radius 3 is 2.69 bits per heavy atom. The van der Waals surface area contributed by atoms with E-state index in [1.807, 2.05) is 59.5 Å². The zero-order chi connectivity index (χ0) is 19.8. The van der Waals surface area contributed by atoms with E-state index >= 15 is 0 Å². The van der Waals surface area contributed by atoms with Crippen molar-refractivity contribution in [2.24, 2.45) is 0 Å². The third kappa shape index (κ3) is 3.01. The van der Waals surface area contributed by atoms with Crippen molar-refractivity contribution in [1.29, 1.82) is 0 Å². The van der Waals surface area contributed by atoms with Crippen molar-refractivity contribution < 1.29 is 14.3 Å². The molecule has 29 heavy (non-hydrogen) atoms. The lowest BCUT2D eigenvalue weighted by Crippen LogP contribution is -2.63. The number of ether oxygens (including phenoxy) is 1. The topological polar surface area (TPSA) is 62.7 Å². The van der Waals surface area contributed by atoms with Gasteiger partial charge in [0.25, 0.3) is 5.91 Å². The first-order valence-corrected chi connectivity index (χ1v) is 9.78. The molecule has 0 spiro atoms. The fourth-order valence-electron chi connectivity index (χ4n) is 4.46. The van der Waals surface area contributed by atoms with Crippen LogP contribution in [0.1, 0.15) is 15.9 Å². The Morgan fingerprint density at radius 1 is 1.03 bits per heavy atom. The Hall–Kier alpha value is -3.41. The molecule has 0 N–H and O–H groups in total. The third-order valence-corrected chi connectivity index (χ3v) is 5.88.